The number of benzene rings is 1. The van der Waals surface area contributed by atoms with Gasteiger partial charge in [-0.15, -0.1) is 0 Å². The third-order valence-electron chi connectivity index (χ3n) is 5.53. The molecule has 0 aliphatic carbocycles. The first-order valence-corrected chi connectivity index (χ1v) is 13.9. The molecule has 0 saturated carbocycles. The largest absolute Gasteiger partial charge is 0.481 e. The van der Waals surface area contributed by atoms with Crippen LogP contribution in [0.3, 0.4) is 0 Å². The lowest BCUT2D eigenvalue weighted by atomic mass is 10.1. The SMILES string of the molecule is O=C(O)CCOCCOCCOCCNOCCCCCCCCCCCCOOCc1ccccc1. The first-order valence-electron chi connectivity index (χ1n) is 13.9. The van der Waals surface area contributed by atoms with Crippen LogP contribution in [0.25, 0.3) is 0 Å². The predicted octanol–water partition coefficient (Wildman–Crippen LogP) is 5.08. The standard InChI is InChI=1S/C28H49NO8/c30-28(31)16-20-32-22-24-34-25-23-33-21-17-29-35-18-12-7-5-3-1-2-4-6-8-13-19-36-37-26-27-14-10-9-11-15-27/h9-11,14-15,29H,1-8,12-13,16-26H2,(H,30,31). The molecule has 0 spiro atoms. The minimum Gasteiger partial charge on any atom is -0.481 e. The highest BCUT2D eigenvalue weighted by atomic mass is 17.2. The zero-order valence-electron chi connectivity index (χ0n) is 22.5. The molecular weight excluding hydrogens is 478 g/mol. The van der Waals surface area contributed by atoms with Crippen LogP contribution < -0.4 is 5.48 Å². The van der Waals surface area contributed by atoms with Crippen LogP contribution in [0.4, 0.5) is 0 Å². The second-order valence-electron chi connectivity index (χ2n) is 8.83. The van der Waals surface area contributed by atoms with Crippen LogP contribution in [0, 0.1) is 0 Å². The van der Waals surface area contributed by atoms with Crippen molar-refractivity contribution in [2.24, 2.45) is 0 Å². The average Bonchev–Trinajstić information content (AvgIpc) is 2.90. The van der Waals surface area contributed by atoms with Crippen LogP contribution in [0.1, 0.15) is 76.2 Å². The second-order valence-corrected chi connectivity index (χ2v) is 8.83. The third kappa shape index (κ3) is 25.8. The molecule has 37 heavy (non-hydrogen) atoms. The maximum Gasteiger partial charge on any atom is 0.305 e. The van der Waals surface area contributed by atoms with Crippen molar-refractivity contribution in [1.29, 1.82) is 0 Å². The normalized spacial score (nSPS) is 11.2. The summed E-state index contributed by atoms with van der Waals surface area (Å²) in [5.74, 6) is -0.857. The Morgan fingerprint density at radius 1 is 0.622 bits per heavy atom. The van der Waals surface area contributed by atoms with Crippen molar-refractivity contribution in [3.05, 3.63) is 35.9 Å². The van der Waals surface area contributed by atoms with Crippen LogP contribution in [0.5, 0.6) is 0 Å². The van der Waals surface area contributed by atoms with E-state index in [1.54, 1.807) is 0 Å². The van der Waals surface area contributed by atoms with Crippen LogP contribution in [-0.4, -0.2) is 70.5 Å². The van der Waals surface area contributed by atoms with Gasteiger partial charge in [-0.25, -0.2) is 15.3 Å². The number of carboxylic acids is 1. The molecule has 9 heteroatoms. The van der Waals surface area contributed by atoms with Crippen LogP contribution in [0.2, 0.25) is 0 Å². The minimum atomic E-state index is -0.857. The molecule has 0 bridgehead atoms. The Balaban J connectivity index is 1.63. The number of aliphatic carboxylic acids is 1. The fraction of sp³-hybridized carbons (Fsp3) is 0.750. The Bertz CT molecular complexity index is 605. The number of rotatable bonds is 29. The highest BCUT2D eigenvalue weighted by Crippen LogP contribution is 2.11. The van der Waals surface area contributed by atoms with Gasteiger partial charge in [-0.2, -0.15) is 0 Å². The van der Waals surface area contributed by atoms with E-state index in [-0.39, 0.29) is 13.0 Å². The summed E-state index contributed by atoms with van der Waals surface area (Å²) < 4.78 is 15.9. The molecule has 0 fully saturated rings. The lowest BCUT2D eigenvalue weighted by Crippen LogP contribution is -2.21. The van der Waals surface area contributed by atoms with E-state index in [1.165, 1.54) is 51.4 Å². The first-order chi connectivity index (χ1) is 18.3. The lowest BCUT2D eigenvalue weighted by Gasteiger charge is -2.08. The molecule has 1 aromatic rings. The number of carbonyl (C=O) groups is 1. The summed E-state index contributed by atoms with van der Waals surface area (Å²) in [4.78, 5) is 26.2. The molecule has 1 aromatic carbocycles. The number of unbranched alkanes of at least 4 members (excludes halogenated alkanes) is 9. The summed E-state index contributed by atoms with van der Waals surface area (Å²) in [6.07, 6.45) is 12.3. The van der Waals surface area contributed by atoms with E-state index in [0.29, 0.717) is 52.8 Å². The summed E-state index contributed by atoms with van der Waals surface area (Å²) >= 11 is 0. The minimum absolute atomic E-state index is 0.0174. The van der Waals surface area contributed by atoms with Gasteiger partial charge in [-0.1, -0.05) is 81.7 Å². The summed E-state index contributed by atoms with van der Waals surface area (Å²) in [7, 11) is 0. The zero-order chi connectivity index (χ0) is 26.5. The van der Waals surface area contributed by atoms with Gasteiger partial charge in [0.1, 0.15) is 6.61 Å². The molecule has 0 unspecified atom stereocenters. The van der Waals surface area contributed by atoms with Gasteiger partial charge in [-0.05, 0) is 18.4 Å². The quantitative estimate of drug-likeness (QED) is 0.0838. The lowest BCUT2D eigenvalue weighted by molar-refractivity contribution is -0.304. The number of carboxylic acid groups (broad SMARTS) is 1. The average molecular weight is 528 g/mol. The molecule has 0 saturated heterocycles. The van der Waals surface area contributed by atoms with Gasteiger partial charge in [-0.3, -0.25) is 4.79 Å². The molecule has 0 heterocycles. The van der Waals surface area contributed by atoms with Gasteiger partial charge < -0.3 is 24.2 Å². The van der Waals surface area contributed by atoms with Crippen molar-refractivity contribution in [1.82, 2.24) is 5.48 Å². The topological polar surface area (TPSA) is 105 Å². The van der Waals surface area contributed by atoms with Gasteiger partial charge in [0.2, 0.25) is 0 Å². The highest BCUT2D eigenvalue weighted by Gasteiger charge is 1.98. The van der Waals surface area contributed by atoms with Gasteiger partial charge >= 0.3 is 5.97 Å². The predicted molar refractivity (Wildman–Crippen MR) is 142 cm³/mol. The number of hydrogen-bond acceptors (Lipinski definition) is 8. The van der Waals surface area contributed by atoms with Crippen molar-refractivity contribution in [2.45, 2.75) is 77.2 Å². The Morgan fingerprint density at radius 3 is 1.78 bits per heavy atom. The molecular formula is C28H49NO8. The van der Waals surface area contributed by atoms with E-state index in [0.717, 1.165) is 25.0 Å². The van der Waals surface area contributed by atoms with E-state index in [1.807, 2.05) is 30.3 Å². The Kier molecular flexibility index (Phi) is 24.8. The van der Waals surface area contributed by atoms with E-state index in [9.17, 15) is 4.79 Å². The maximum absolute atomic E-state index is 10.3. The van der Waals surface area contributed by atoms with Crippen LogP contribution >= 0.6 is 0 Å². The Labute approximate surface area is 223 Å². The highest BCUT2D eigenvalue weighted by molar-refractivity contribution is 5.66. The van der Waals surface area contributed by atoms with E-state index in [2.05, 4.69) is 5.48 Å². The molecule has 0 radical (unpaired) electrons. The summed E-state index contributed by atoms with van der Waals surface area (Å²) in [6, 6.07) is 10.1. The molecule has 0 aromatic heterocycles. The number of hydroxylamine groups is 1. The molecule has 9 nitrogen and oxygen atoms in total. The molecule has 2 N–H and O–H groups in total. The van der Waals surface area contributed by atoms with E-state index in [4.69, 9.17) is 33.9 Å². The smallest absolute Gasteiger partial charge is 0.305 e. The fourth-order valence-electron chi connectivity index (χ4n) is 3.45. The summed E-state index contributed by atoms with van der Waals surface area (Å²) in [5, 5.41) is 8.48. The Hall–Kier alpha value is -1.59. The number of ether oxygens (including phenoxy) is 3. The van der Waals surface area contributed by atoms with E-state index < -0.39 is 5.97 Å². The van der Waals surface area contributed by atoms with Gasteiger partial charge in [0.05, 0.1) is 59.3 Å². The van der Waals surface area contributed by atoms with Gasteiger partial charge in [0.25, 0.3) is 0 Å². The molecule has 0 atom stereocenters. The molecule has 0 aliphatic rings. The van der Waals surface area contributed by atoms with Crippen molar-refractivity contribution >= 4 is 5.97 Å². The van der Waals surface area contributed by atoms with Crippen molar-refractivity contribution in [2.75, 3.05) is 59.4 Å². The monoisotopic (exact) mass is 527 g/mol. The zero-order valence-corrected chi connectivity index (χ0v) is 22.5. The number of nitrogens with one attached hydrogen (secondary N) is 1. The molecule has 0 amide bonds. The van der Waals surface area contributed by atoms with Gasteiger partial charge in [0, 0.05) is 6.54 Å². The maximum atomic E-state index is 10.3. The summed E-state index contributed by atoms with van der Waals surface area (Å²) in [6.45, 7) is 5.15. The van der Waals surface area contributed by atoms with Gasteiger partial charge in [0.15, 0.2) is 0 Å². The van der Waals surface area contributed by atoms with Crippen molar-refractivity contribution < 1.29 is 38.7 Å². The summed E-state index contributed by atoms with van der Waals surface area (Å²) in [5.41, 5.74) is 4.05. The van der Waals surface area contributed by atoms with Crippen molar-refractivity contribution in [3.8, 4) is 0 Å². The third-order valence-corrected chi connectivity index (χ3v) is 5.53. The van der Waals surface area contributed by atoms with E-state index >= 15 is 0 Å². The van der Waals surface area contributed by atoms with Crippen LogP contribution in [-0.2, 0) is 40.2 Å². The molecule has 1 rings (SSSR count). The first kappa shape index (κ1) is 33.4. The Morgan fingerprint density at radius 2 is 1.16 bits per heavy atom. The fourth-order valence-corrected chi connectivity index (χ4v) is 3.45. The molecule has 214 valence electrons. The second kappa shape index (κ2) is 27.4. The molecule has 0 aliphatic heterocycles. The number of hydrogen-bond donors (Lipinski definition) is 2. The van der Waals surface area contributed by atoms with Crippen molar-refractivity contribution in [3.63, 3.8) is 0 Å². The van der Waals surface area contributed by atoms with Crippen LogP contribution in [0.15, 0.2) is 30.3 Å².